The van der Waals surface area contributed by atoms with Crippen LogP contribution in [0.5, 0.6) is 0 Å². The molecule has 1 fully saturated rings. The van der Waals surface area contributed by atoms with Gasteiger partial charge in [0, 0.05) is 13.1 Å². The van der Waals surface area contributed by atoms with Crippen molar-refractivity contribution in [1.29, 1.82) is 0 Å². The molecule has 0 bridgehead atoms. The van der Waals surface area contributed by atoms with Gasteiger partial charge < -0.3 is 9.47 Å². The van der Waals surface area contributed by atoms with Crippen LogP contribution in [0.1, 0.15) is 11.1 Å². The Morgan fingerprint density at radius 2 is 2.37 bits per heavy atom. The normalized spacial score (nSPS) is 20.3. The van der Waals surface area contributed by atoms with Crippen LogP contribution >= 0.6 is 0 Å². The van der Waals surface area contributed by atoms with Gasteiger partial charge in [-0.2, -0.15) is 0 Å². The fraction of sp³-hybridized carbons (Fsp3) is 0.500. The minimum absolute atomic E-state index is 0.261. The Morgan fingerprint density at radius 3 is 3.11 bits per heavy atom. The molecule has 4 nitrogen and oxygen atoms in total. The monoisotopic (exact) mass is 267 g/mol. The molecule has 1 saturated heterocycles. The van der Waals surface area contributed by atoms with Gasteiger partial charge in [-0.25, -0.2) is 4.39 Å². The summed E-state index contributed by atoms with van der Waals surface area (Å²) >= 11 is 0. The van der Waals surface area contributed by atoms with Crippen molar-refractivity contribution in [3.05, 3.63) is 35.1 Å². The van der Waals surface area contributed by atoms with Gasteiger partial charge in [0.05, 0.1) is 20.3 Å². The Balaban J connectivity index is 2.15. The first-order chi connectivity index (χ1) is 9.11. The van der Waals surface area contributed by atoms with Crippen molar-refractivity contribution in [3.8, 4) is 0 Å². The Labute approximate surface area is 112 Å². The average Bonchev–Trinajstić information content (AvgIpc) is 2.42. The summed E-state index contributed by atoms with van der Waals surface area (Å²) in [4.78, 5) is 13.7. The molecule has 0 N–H and O–H groups in total. The van der Waals surface area contributed by atoms with Gasteiger partial charge in [-0.1, -0.05) is 6.07 Å². The van der Waals surface area contributed by atoms with E-state index in [1.165, 1.54) is 19.2 Å². The highest BCUT2D eigenvalue weighted by atomic mass is 19.1. The summed E-state index contributed by atoms with van der Waals surface area (Å²) in [5, 5.41) is 0. The van der Waals surface area contributed by atoms with E-state index in [-0.39, 0.29) is 11.8 Å². The summed E-state index contributed by atoms with van der Waals surface area (Å²) in [7, 11) is 1.36. The summed E-state index contributed by atoms with van der Waals surface area (Å²) in [6.07, 6.45) is 0. The summed E-state index contributed by atoms with van der Waals surface area (Å²) in [6, 6.07) is 4.29. The van der Waals surface area contributed by atoms with Gasteiger partial charge >= 0.3 is 5.97 Å². The molecule has 104 valence electrons. The standard InChI is InChI=1S/C14H18FNO3/c1-10-3-4-12(15)7-11(10)8-16-5-6-19-9-13(16)14(17)18-2/h3-4,7,13H,5-6,8-9H2,1-2H3. The lowest BCUT2D eigenvalue weighted by Crippen LogP contribution is -2.49. The number of carbonyl (C=O) groups excluding carboxylic acids is 1. The number of hydrogen-bond acceptors (Lipinski definition) is 4. The van der Waals surface area contributed by atoms with E-state index in [0.29, 0.717) is 26.3 Å². The second-order valence-corrected chi connectivity index (χ2v) is 4.66. The molecule has 2 rings (SSSR count). The quantitative estimate of drug-likeness (QED) is 0.778. The highest BCUT2D eigenvalue weighted by molar-refractivity contribution is 5.75. The molecular formula is C14H18FNO3. The molecule has 19 heavy (non-hydrogen) atoms. The summed E-state index contributed by atoms with van der Waals surface area (Å²) in [6.45, 7) is 3.98. The van der Waals surface area contributed by atoms with Crippen LogP contribution in [-0.4, -0.2) is 43.8 Å². The molecule has 1 unspecified atom stereocenters. The molecule has 1 aliphatic rings. The Morgan fingerprint density at radius 1 is 1.58 bits per heavy atom. The van der Waals surface area contributed by atoms with Crippen LogP contribution in [0.25, 0.3) is 0 Å². The van der Waals surface area contributed by atoms with Crippen LogP contribution in [0.3, 0.4) is 0 Å². The highest BCUT2D eigenvalue weighted by Gasteiger charge is 2.30. The fourth-order valence-corrected chi connectivity index (χ4v) is 2.21. The number of hydrogen-bond donors (Lipinski definition) is 0. The lowest BCUT2D eigenvalue weighted by molar-refractivity contribution is -0.153. The van der Waals surface area contributed by atoms with E-state index in [0.717, 1.165) is 11.1 Å². The zero-order chi connectivity index (χ0) is 13.8. The van der Waals surface area contributed by atoms with Crippen molar-refractivity contribution in [3.63, 3.8) is 0 Å². The number of benzene rings is 1. The number of carbonyl (C=O) groups is 1. The number of halogens is 1. The summed E-state index contributed by atoms with van der Waals surface area (Å²) < 4.78 is 23.4. The molecule has 1 aromatic rings. The van der Waals surface area contributed by atoms with Crippen LogP contribution in [0.15, 0.2) is 18.2 Å². The summed E-state index contributed by atoms with van der Waals surface area (Å²) in [5.74, 6) is -0.572. The number of morpholine rings is 1. The molecule has 0 aliphatic carbocycles. The molecule has 0 aromatic heterocycles. The number of rotatable bonds is 3. The zero-order valence-corrected chi connectivity index (χ0v) is 11.2. The van der Waals surface area contributed by atoms with Crippen molar-refractivity contribution >= 4 is 5.97 Å². The third-order valence-corrected chi connectivity index (χ3v) is 3.40. The van der Waals surface area contributed by atoms with Crippen LogP contribution in [0, 0.1) is 12.7 Å². The fourth-order valence-electron chi connectivity index (χ4n) is 2.21. The maximum Gasteiger partial charge on any atom is 0.325 e. The van der Waals surface area contributed by atoms with Gasteiger partial charge in [0.15, 0.2) is 0 Å². The van der Waals surface area contributed by atoms with Crippen molar-refractivity contribution in [2.24, 2.45) is 0 Å². The Kier molecular flexibility index (Phi) is 4.50. The first-order valence-corrected chi connectivity index (χ1v) is 6.26. The molecule has 1 atom stereocenters. The summed E-state index contributed by atoms with van der Waals surface area (Å²) in [5.41, 5.74) is 1.90. The molecule has 0 saturated carbocycles. The van der Waals surface area contributed by atoms with Gasteiger partial charge in [0.2, 0.25) is 0 Å². The van der Waals surface area contributed by atoms with E-state index in [1.54, 1.807) is 6.07 Å². The number of methoxy groups -OCH3 is 1. The third kappa shape index (κ3) is 3.30. The molecule has 1 aliphatic heterocycles. The van der Waals surface area contributed by atoms with Gasteiger partial charge in [-0.15, -0.1) is 0 Å². The van der Waals surface area contributed by atoms with Crippen molar-refractivity contribution < 1.29 is 18.7 Å². The maximum atomic E-state index is 13.3. The first-order valence-electron chi connectivity index (χ1n) is 6.26. The van der Waals surface area contributed by atoms with Gasteiger partial charge in [0.25, 0.3) is 0 Å². The topological polar surface area (TPSA) is 38.8 Å². The van der Waals surface area contributed by atoms with E-state index < -0.39 is 6.04 Å². The molecule has 0 radical (unpaired) electrons. The molecule has 5 heteroatoms. The van der Waals surface area contributed by atoms with E-state index in [1.807, 2.05) is 11.8 Å². The lowest BCUT2D eigenvalue weighted by atomic mass is 10.1. The number of aryl methyl sites for hydroxylation is 1. The minimum Gasteiger partial charge on any atom is -0.468 e. The predicted octanol–water partition coefficient (Wildman–Crippen LogP) is 1.51. The van der Waals surface area contributed by atoms with Crippen molar-refractivity contribution in [2.75, 3.05) is 26.9 Å². The second kappa shape index (κ2) is 6.12. The largest absolute Gasteiger partial charge is 0.468 e. The SMILES string of the molecule is COC(=O)C1COCCN1Cc1cc(F)ccc1C. The van der Waals surface area contributed by atoms with Gasteiger partial charge in [0.1, 0.15) is 11.9 Å². The van der Waals surface area contributed by atoms with E-state index in [9.17, 15) is 9.18 Å². The van der Waals surface area contributed by atoms with Gasteiger partial charge in [-0.3, -0.25) is 9.69 Å². The average molecular weight is 267 g/mol. The second-order valence-electron chi connectivity index (χ2n) is 4.66. The van der Waals surface area contributed by atoms with Crippen LogP contribution < -0.4 is 0 Å². The Bertz CT molecular complexity index is 464. The Hall–Kier alpha value is -1.46. The highest BCUT2D eigenvalue weighted by Crippen LogP contribution is 2.17. The van der Waals surface area contributed by atoms with E-state index >= 15 is 0 Å². The van der Waals surface area contributed by atoms with Crippen molar-refractivity contribution in [1.82, 2.24) is 4.90 Å². The molecule has 1 aromatic carbocycles. The smallest absolute Gasteiger partial charge is 0.325 e. The minimum atomic E-state index is -0.415. The number of esters is 1. The third-order valence-electron chi connectivity index (χ3n) is 3.40. The van der Waals surface area contributed by atoms with Crippen LogP contribution in [-0.2, 0) is 20.8 Å². The zero-order valence-electron chi connectivity index (χ0n) is 11.2. The molecule has 0 spiro atoms. The predicted molar refractivity (Wildman–Crippen MR) is 68.2 cm³/mol. The van der Waals surface area contributed by atoms with E-state index in [4.69, 9.17) is 9.47 Å². The van der Waals surface area contributed by atoms with E-state index in [2.05, 4.69) is 0 Å². The van der Waals surface area contributed by atoms with Crippen LogP contribution in [0.2, 0.25) is 0 Å². The number of nitrogens with zero attached hydrogens (tertiary/aromatic N) is 1. The molecule has 0 amide bonds. The molecule has 1 heterocycles. The van der Waals surface area contributed by atoms with Crippen molar-refractivity contribution in [2.45, 2.75) is 19.5 Å². The number of ether oxygens (including phenoxy) is 2. The van der Waals surface area contributed by atoms with Crippen LogP contribution in [0.4, 0.5) is 4.39 Å². The molecular weight excluding hydrogens is 249 g/mol. The van der Waals surface area contributed by atoms with Gasteiger partial charge in [-0.05, 0) is 30.2 Å². The maximum absolute atomic E-state index is 13.3. The first kappa shape index (κ1) is 14.0. The lowest BCUT2D eigenvalue weighted by Gasteiger charge is -2.33.